The van der Waals surface area contributed by atoms with Gasteiger partial charge in [0.1, 0.15) is 18.1 Å². The van der Waals surface area contributed by atoms with E-state index >= 15 is 0 Å². The molecule has 42 heavy (non-hydrogen) atoms. The van der Waals surface area contributed by atoms with Gasteiger partial charge in [-0.3, -0.25) is 19.2 Å². The Bertz CT molecular complexity index is 1410. The van der Waals surface area contributed by atoms with Gasteiger partial charge in [-0.15, -0.1) is 0 Å². The normalized spacial score (nSPS) is 14.6. The molecule has 1 heterocycles. The predicted molar refractivity (Wildman–Crippen MR) is 155 cm³/mol. The van der Waals surface area contributed by atoms with Crippen molar-refractivity contribution < 1.29 is 34.2 Å². The first-order chi connectivity index (χ1) is 20.0. The molecule has 0 aliphatic heterocycles. The molecule has 224 valence electrons. The molecule has 0 fully saturated rings. The van der Waals surface area contributed by atoms with Gasteiger partial charge in [0, 0.05) is 23.5 Å². The van der Waals surface area contributed by atoms with Crippen molar-refractivity contribution in [2.75, 3.05) is 0 Å². The summed E-state index contributed by atoms with van der Waals surface area (Å²) >= 11 is 0. The molecular formula is C30H37N5O7. The molecule has 2 aromatic carbocycles. The standard InChI is InChI=1S/C30H37N5O7/c1-3-17(2)26(35-27(38)21(31)13-18-9-5-4-6-10-18)29(40)33-23(15-25(36)37)28(39)34-24(30(41)42)14-19-16-32-22-12-8-7-11-20(19)22/h4-12,16-17,21,23-24,26,32H,3,13-15,31H2,1-2H3,(H,33,40)(H,34,39)(H,35,38)(H,36,37)(H,41,42). The molecule has 12 nitrogen and oxygen atoms in total. The molecule has 0 bridgehead atoms. The van der Waals surface area contributed by atoms with E-state index in [1.807, 2.05) is 55.5 Å². The quantitative estimate of drug-likeness (QED) is 0.140. The van der Waals surface area contributed by atoms with Gasteiger partial charge in [-0.1, -0.05) is 68.8 Å². The number of nitrogens with one attached hydrogen (secondary N) is 4. The lowest BCUT2D eigenvalue weighted by Gasteiger charge is -2.27. The smallest absolute Gasteiger partial charge is 0.326 e. The van der Waals surface area contributed by atoms with E-state index in [9.17, 15) is 34.2 Å². The van der Waals surface area contributed by atoms with Crippen LogP contribution in [0, 0.1) is 5.92 Å². The second-order valence-corrected chi connectivity index (χ2v) is 10.3. The number of rotatable bonds is 15. The van der Waals surface area contributed by atoms with Crippen LogP contribution in [0.3, 0.4) is 0 Å². The molecule has 0 saturated carbocycles. The highest BCUT2D eigenvalue weighted by molar-refractivity contribution is 5.96. The Morgan fingerprint density at radius 2 is 1.48 bits per heavy atom. The fourth-order valence-corrected chi connectivity index (χ4v) is 4.56. The van der Waals surface area contributed by atoms with Crippen LogP contribution in [-0.2, 0) is 36.8 Å². The highest BCUT2D eigenvalue weighted by Crippen LogP contribution is 2.19. The zero-order chi connectivity index (χ0) is 30.8. The summed E-state index contributed by atoms with van der Waals surface area (Å²) in [5.41, 5.74) is 8.36. The van der Waals surface area contributed by atoms with Crippen LogP contribution in [0.2, 0.25) is 0 Å². The number of fused-ring (bicyclic) bond motifs is 1. The summed E-state index contributed by atoms with van der Waals surface area (Å²) in [5.74, 6) is -5.44. The molecule has 3 aromatic rings. The van der Waals surface area contributed by atoms with E-state index in [1.165, 1.54) is 0 Å². The van der Waals surface area contributed by atoms with Gasteiger partial charge in [-0.2, -0.15) is 0 Å². The van der Waals surface area contributed by atoms with Gasteiger partial charge in [0.25, 0.3) is 0 Å². The van der Waals surface area contributed by atoms with Gasteiger partial charge in [-0.25, -0.2) is 4.79 Å². The number of aliphatic carboxylic acids is 2. The first kappa shape index (κ1) is 31.8. The molecule has 5 atom stereocenters. The van der Waals surface area contributed by atoms with E-state index in [0.29, 0.717) is 12.0 Å². The minimum Gasteiger partial charge on any atom is -0.481 e. The third-order valence-electron chi connectivity index (χ3n) is 7.15. The van der Waals surface area contributed by atoms with Crippen LogP contribution in [0.1, 0.15) is 37.8 Å². The minimum absolute atomic E-state index is 0.0797. The molecule has 5 unspecified atom stereocenters. The number of para-hydroxylation sites is 1. The molecule has 0 aliphatic rings. The summed E-state index contributed by atoms with van der Waals surface area (Å²) in [7, 11) is 0. The van der Waals surface area contributed by atoms with Crippen LogP contribution in [0.5, 0.6) is 0 Å². The van der Waals surface area contributed by atoms with E-state index < -0.39 is 60.2 Å². The summed E-state index contributed by atoms with van der Waals surface area (Å²) < 4.78 is 0. The number of hydrogen-bond acceptors (Lipinski definition) is 6. The van der Waals surface area contributed by atoms with Crippen LogP contribution < -0.4 is 21.7 Å². The van der Waals surface area contributed by atoms with Crippen molar-refractivity contribution in [1.82, 2.24) is 20.9 Å². The molecule has 0 spiro atoms. The Balaban J connectivity index is 1.72. The Hall–Kier alpha value is -4.71. The highest BCUT2D eigenvalue weighted by atomic mass is 16.4. The van der Waals surface area contributed by atoms with Crippen LogP contribution in [0.25, 0.3) is 10.9 Å². The van der Waals surface area contributed by atoms with Gasteiger partial charge in [0.05, 0.1) is 12.5 Å². The number of carboxylic acids is 2. The maximum absolute atomic E-state index is 13.3. The number of benzene rings is 2. The number of aromatic nitrogens is 1. The largest absolute Gasteiger partial charge is 0.481 e. The maximum Gasteiger partial charge on any atom is 0.326 e. The van der Waals surface area contributed by atoms with Crippen LogP contribution in [0.15, 0.2) is 60.8 Å². The second kappa shape index (κ2) is 14.8. The molecule has 0 aliphatic carbocycles. The monoisotopic (exact) mass is 579 g/mol. The topological polar surface area (TPSA) is 204 Å². The van der Waals surface area contributed by atoms with Crippen molar-refractivity contribution in [3.05, 3.63) is 71.9 Å². The number of aromatic amines is 1. The SMILES string of the molecule is CCC(C)C(NC(=O)C(N)Cc1ccccc1)C(=O)NC(CC(=O)O)C(=O)NC(Cc1c[nH]c2ccccc12)C(=O)O. The number of carboxylic acid groups (broad SMARTS) is 2. The summed E-state index contributed by atoms with van der Waals surface area (Å²) in [6, 6.07) is 11.3. The summed E-state index contributed by atoms with van der Waals surface area (Å²) in [6.07, 6.45) is 1.48. The molecule has 8 N–H and O–H groups in total. The average molecular weight is 580 g/mol. The maximum atomic E-state index is 13.3. The van der Waals surface area contributed by atoms with Gasteiger partial charge in [0.2, 0.25) is 17.7 Å². The number of H-pyrrole nitrogens is 1. The Morgan fingerprint density at radius 3 is 2.12 bits per heavy atom. The van der Waals surface area contributed by atoms with Gasteiger partial charge in [-0.05, 0) is 29.5 Å². The number of carbonyl (C=O) groups excluding carboxylic acids is 3. The minimum atomic E-state index is -1.60. The Morgan fingerprint density at radius 1 is 0.833 bits per heavy atom. The van der Waals surface area contributed by atoms with Crippen LogP contribution in [-0.4, -0.2) is 69.0 Å². The van der Waals surface area contributed by atoms with E-state index in [0.717, 1.165) is 16.5 Å². The Labute approximate surface area is 243 Å². The van der Waals surface area contributed by atoms with Gasteiger partial charge in [0.15, 0.2) is 0 Å². The van der Waals surface area contributed by atoms with E-state index in [4.69, 9.17) is 5.73 Å². The van der Waals surface area contributed by atoms with Crippen molar-refractivity contribution in [3.63, 3.8) is 0 Å². The molecular weight excluding hydrogens is 542 g/mol. The number of amides is 3. The molecule has 3 amide bonds. The van der Waals surface area contributed by atoms with Crippen molar-refractivity contribution >= 4 is 40.6 Å². The third kappa shape index (κ3) is 8.64. The van der Waals surface area contributed by atoms with E-state index in [1.54, 1.807) is 19.2 Å². The lowest BCUT2D eigenvalue weighted by Crippen LogP contribution is -2.59. The summed E-state index contributed by atoms with van der Waals surface area (Å²) in [6.45, 7) is 3.53. The van der Waals surface area contributed by atoms with E-state index in [2.05, 4.69) is 20.9 Å². The lowest BCUT2D eigenvalue weighted by molar-refractivity contribution is -0.143. The summed E-state index contributed by atoms with van der Waals surface area (Å²) in [5, 5.41) is 27.4. The van der Waals surface area contributed by atoms with Gasteiger partial charge < -0.3 is 36.9 Å². The number of carbonyl (C=O) groups is 5. The lowest BCUT2D eigenvalue weighted by atomic mass is 9.96. The summed E-state index contributed by atoms with van der Waals surface area (Å²) in [4.78, 5) is 66.0. The molecule has 3 rings (SSSR count). The number of hydrogen-bond donors (Lipinski definition) is 7. The van der Waals surface area contributed by atoms with Crippen LogP contribution in [0.4, 0.5) is 0 Å². The Kier molecular flexibility index (Phi) is 11.2. The van der Waals surface area contributed by atoms with Crippen LogP contribution >= 0.6 is 0 Å². The fourth-order valence-electron chi connectivity index (χ4n) is 4.56. The first-order valence-electron chi connectivity index (χ1n) is 13.7. The van der Waals surface area contributed by atoms with Crippen molar-refractivity contribution in [1.29, 1.82) is 0 Å². The molecule has 1 aromatic heterocycles. The second-order valence-electron chi connectivity index (χ2n) is 10.3. The highest BCUT2D eigenvalue weighted by Gasteiger charge is 2.33. The van der Waals surface area contributed by atoms with Crippen molar-refractivity contribution in [2.45, 2.75) is 63.7 Å². The number of nitrogens with two attached hydrogens (primary N) is 1. The molecule has 0 radical (unpaired) electrons. The fraction of sp³-hybridized carbons (Fsp3) is 0.367. The molecule has 0 saturated heterocycles. The van der Waals surface area contributed by atoms with Crippen molar-refractivity contribution in [2.24, 2.45) is 11.7 Å². The van der Waals surface area contributed by atoms with E-state index in [-0.39, 0.29) is 18.8 Å². The van der Waals surface area contributed by atoms with Gasteiger partial charge >= 0.3 is 11.9 Å². The average Bonchev–Trinajstić information content (AvgIpc) is 3.37. The third-order valence-corrected chi connectivity index (χ3v) is 7.15. The zero-order valence-electron chi connectivity index (χ0n) is 23.5. The first-order valence-corrected chi connectivity index (χ1v) is 13.7. The molecule has 12 heteroatoms. The zero-order valence-corrected chi connectivity index (χ0v) is 23.5. The van der Waals surface area contributed by atoms with Crippen molar-refractivity contribution in [3.8, 4) is 0 Å². The predicted octanol–water partition coefficient (Wildman–Crippen LogP) is 1.34.